The van der Waals surface area contributed by atoms with Crippen LogP contribution in [-0.4, -0.2) is 18.6 Å². The van der Waals surface area contributed by atoms with E-state index in [4.69, 9.17) is 4.74 Å². The van der Waals surface area contributed by atoms with E-state index < -0.39 is 0 Å². The van der Waals surface area contributed by atoms with Crippen LogP contribution in [0.2, 0.25) is 0 Å². The van der Waals surface area contributed by atoms with Gasteiger partial charge in [-0.2, -0.15) is 0 Å². The zero-order chi connectivity index (χ0) is 11.1. The Morgan fingerprint density at radius 3 is 3.06 bits per heavy atom. The lowest BCUT2D eigenvalue weighted by molar-refractivity contribution is 0.418. The Bertz CT molecular complexity index is 547. The Kier molecular flexibility index (Phi) is 2.41. The second-order valence-corrected chi connectivity index (χ2v) is 4.96. The van der Waals surface area contributed by atoms with Crippen LogP contribution in [0.5, 0.6) is 5.75 Å². The standard InChI is InChI=1S/C12H13BrN2O/c1-16-11-5-7(13)4-8-9-6-14-3-2-10(9)15-12(8)11/h4-5,14-15H,2-3,6H2,1H3. The first kappa shape index (κ1) is 10.2. The molecule has 4 heteroatoms. The van der Waals surface area contributed by atoms with Crippen LogP contribution in [-0.2, 0) is 13.0 Å². The van der Waals surface area contributed by atoms with Crippen molar-refractivity contribution in [3.63, 3.8) is 0 Å². The fraction of sp³-hybridized carbons (Fsp3) is 0.333. The Hall–Kier alpha value is -1.00. The highest BCUT2D eigenvalue weighted by molar-refractivity contribution is 9.10. The van der Waals surface area contributed by atoms with E-state index in [-0.39, 0.29) is 0 Å². The van der Waals surface area contributed by atoms with Crippen molar-refractivity contribution >= 4 is 26.8 Å². The molecule has 0 unspecified atom stereocenters. The topological polar surface area (TPSA) is 37.0 Å². The largest absolute Gasteiger partial charge is 0.495 e. The molecule has 3 nitrogen and oxygen atoms in total. The maximum atomic E-state index is 5.40. The number of rotatable bonds is 1. The fourth-order valence-electron chi connectivity index (χ4n) is 2.34. The minimum Gasteiger partial charge on any atom is -0.495 e. The molecule has 16 heavy (non-hydrogen) atoms. The first-order chi connectivity index (χ1) is 7.79. The van der Waals surface area contributed by atoms with Crippen LogP contribution in [0.25, 0.3) is 10.9 Å². The molecule has 0 aliphatic carbocycles. The molecule has 1 aromatic carbocycles. The monoisotopic (exact) mass is 280 g/mol. The van der Waals surface area contributed by atoms with Gasteiger partial charge in [-0.05, 0) is 17.7 Å². The molecule has 3 rings (SSSR count). The van der Waals surface area contributed by atoms with Gasteiger partial charge in [0.1, 0.15) is 5.75 Å². The molecule has 2 heterocycles. The molecule has 0 saturated heterocycles. The minimum atomic E-state index is 0.902. The molecule has 0 saturated carbocycles. The summed E-state index contributed by atoms with van der Waals surface area (Å²) < 4.78 is 6.46. The summed E-state index contributed by atoms with van der Waals surface area (Å²) in [5.74, 6) is 0.902. The van der Waals surface area contributed by atoms with Crippen molar-refractivity contribution in [2.24, 2.45) is 0 Å². The Morgan fingerprint density at radius 1 is 1.38 bits per heavy atom. The smallest absolute Gasteiger partial charge is 0.144 e. The summed E-state index contributed by atoms with van der Waals surface area (Å²) in [5.41, 5.74) is 3.82. The molecule has 0 amide bonds. The van der Waals surface area contributed by atoms with Crippen LogP contribution >= 0.6 is 15.9 Å². The fourth-order valence-corrected chi connectivity index (χ4v) is 2.78. The summed E-state index contributed by atoms with van der Waals surface area (Å²) >= 11 is 3.52. The number of aromatic nitrogens is 1. The Balaban J connectivity index is 2.33. The lowest BCUT2D eigenvalue weighted by Crippen LogP contribution is -2.22. The third-order valence-electron chi connectivity index (χ3n) is 3.11. The molecule has 2 N–H and O–H groups in total. The van der Waals surface area contributed by atoms with E-state index in [2.05, 4.69) is 32.3 Å². The maximum Gasteiger partial charge on any atom is 0.144 e. The molecular weight excluding hydrogens is 268 g/mol. The minimum absolute atomic E-state index is 0.902. The number of methoxy groups -OCH3 is 1. The first-order valence-corrected chi connectivity index (χ1v) is 6.16. The van der Waals surface area contributed by atoms with Gasteiger partial charge in [0.25, 0.3) is 0 Å². The predicted octanol–water partition coefficient (Wildman–Crippen LogP) is 2.58. The second-order valence-electron chi connectivity index (χ2n) is 4.04. The number of halogens is 1. The van der Waals surface area contributed by atoms with Gasteiger partial charge in [0.2, 0.25) is 0 Å². The summed E-state index contributed by atoms with van der Waals surface area (Å²) in [6.07, 6.45) is 1.06. The molecule has 1 aliphatic heterocycles. The lowest BCUT2D eigenvalue weighted by Gasteiger charge is -2.12. The summed E-state index contributed by atoms with van der Waals surface area (Å²) in [7, 11) is 1.71. The van der Waals surface area contributed by atoms with Crippen molar-refractivity contribution in [3.8, 4) is 5.75 Å². The van der Waals surface area contributed by atoms with Gasteiger partial charge in [0.05, 0.1) is 12.6 Å². The van der Waals surface area contributed by atoms with Gasteiger partial charge < -0.3 is 15.0 Å². The van der Waals surface area contributed by atoms with Gasteiger partial charge in [0, 0.05) is 35.1 Å². The van der Waals surface area contributed by atoms with Crippen molar-refractivity contribution in [2.75, 3.05) is 13.7 Å². The molecule has 1 aliphatic rings. The summed E-state index contributed by atoms with van der Waals surface area (Å²) in [6.45, 7) is 1.98. The number of aromatic amines is 1. The van der Waals surface area contributed by atoms with E-state index in [9.17, 15) is 0 Å². The number of nitrogens with one attached hydrogen (secondary N) is 2. The van der Waals surface area contributed by atoms with E-state index in [1.54, 1.807) is 7.11 Å². The van der Waals surface area contributed by atoms with E-state index >= 15 is 0 Å². The zero-order valence-corrected chi connectivity index (χ0v) is 10.6. The van der Waals surface area contributed by atoms with Gasteiger partial charge in [-0.25, -0.2) is 0 Å². The maximum absolute atomic E-state index is 5.40. The molecule has 0 atom stereocenters. The average molecular weight is 281 g/mol. The van der Waals surface area contributed by atoms with Crippen molar-refractivity contribution in [1.29, 1.82) is 0 Å². The van der Waals surface area contributed by atoms with Gasteiger partial charge in [-0.1, -0.05) is 15.9 Å². The second kappa shape index (κ2) is 3.79. The van der Waals surface area contributed by atoms with Crippen LogP contribution in [0.4, 0.5) is 0 Å². The number of hydrogen-bond acceptors (Lipinski definition) is 2. The molecule has 1 aromatic heterocycles. The quantitative estimate of drug-likeness (QED) is 0.843. The summed E-state index contributed by atoms with van der Waals surface area (Å²) in [6, 6.07) is 4.15. The van der Waals surface area contributed by atoms with Crippen LogP contribution < -0.4 is 10.1 Å². The molecule has 2 aromatic rings. The van der Waals surface area contributed by atoms with Crippen molar-refractivity contribution in [2.45, 2.75) is 13.0 Å². The number of benzene rings is 1. The third-order valence-corrected chi connectivity index (χ3v) is 3.56. The van der Waals surface area contributed by atoms with E-state index in [1.165, 1.54) is 16.6 Å². The number of hydrogen-bond donors (Lipinski definition) is 2. The molecular formula is C12H13BrN2O. The van der Waals surface area contributed by atoms with Gasteiger partial charge in [-0.15, -0.1) is 0 Å². The number of H-pyrrole nitrogens is 1. The van der Waals surface area contributed by atoms with E-state index in [0.717, 1.165) is 35.2 Å². The third kappa shape index (κ3) is 1.44. The highest BCUT2D eigenvalue weighted by atomic mass is 79.9. The summed E-state index contributed by atoms with van der Waals surface area (Å²) in [4.78, 5) is 3.48. The van der Waals surface area contributed by atoms with Crippen LogP contribution in [0.3, 0.4) is 0 Å². The van der Waals surface area contributed by atoms with Gasteiger partial charge in [-0.3, -0.25) is 0 Å². The van der Waals surface area contributed by atoms with Gasteiger partial charge in [0.15, 0.2) is 0 Å². The highest BCUT2D eigenvalue weighted by Crippen LogP contribution is 2.34. The predicted molar refractivity (Wildman–Crippen MR) is 68.0 cm³/mol. The molecule has 0 radical (unpaired) electrons. The van der Waals surface area contributed by atoms with Crippen molar-refractivity contribution in [3.05, 3.63) is 27.9 Å². The molecule has 0 fully saturated rings. The zero-order valence-electron chi connectivity index (χ0n) is 9.06. The summed E-state index contributed by atoms with van der Waals surface area (Å²) in [5, 5.41) is 4.66. The van der Waals surface area contributed by atoms with E-state index in [1.807, 2.05) is 6.07 Å². The van der Waals surface area contributed by atoms with Crippen molar-refractivity contribution < 1.29 is 4.74 Å². The van der Waals surface area contributed by atoms with Crippen LogP contribution in [0.1, 0.15) is 11.3 Å². The molecule has 0 bridgehead atoms. The SMILES string of the molecule is COc1cc(Br)cc2c3c([nH]c12)CCNC3. The lowest BCUT2D eigenvalue weighted by atomic mass is 10.1. The normalized spacial score (nSPS) is 15.1. The first-order valence-electron chi connectivity index (χ1n) is 5.37. The average Bonchev–Trinajstić information content (AvgIpc) is 2.67. The number of fused-ring (bicyclic) bond motifs is 3. The van der Waals surface area contributed by atoms with Gasteiger partial charge >= 0.3 is 0 Å². The van der Waals surface area contributed by atoms with Crippen LogP contribution in [0, 0.1) is 0 Å². The Morgan fingerprint density at radius 2 is 2.25 bits per heavy atom. The van der Waals surface area contributed by atoms with Crippen molar-refractivity contribution in [1.82, 2.24) is 10.3 Å². The van der Waals surface area contributed by atoms with E-state index in [0.29, 0.717) is 0 Å². The Labute approximate surface area is 102 Å². The molecule has 84 valence electrons. The molecule has 0 spiro atoms. The number of ether oxygens (including phenoxy) is 1. The van der Waals surface area contributed by atoms with Crippen LogP contribution in [0.15, 0.2) is 16.6 Å². The highest BCUT2D eigenvalue weighted by Gasteiger charge is 2.17.